The van der Waals surface area contributed by atoms with Gasteiger partial charge in [0.1, 0.15) is 6.04 Å². The molecule has 1 aliphatic rings. The van der Waals surface area contributed by atoms with Gasteiger partial charge in [-0.25, -0.2) is 9.59 Å². The zero-order valence-corrected chi connectivity index (χ0v) is 10.6. The van der Waals surface area contributed by atoms with E-state index in [1.807, 2.05) is 0 Å². The molecule has 104 valence electrons. The third-order valence-corrected chi connectivity index (χ3v) is 2.48. The highest BCUT2D eigenvalue weighted by Gasteiger charge is 2.44. The fourth-order valence-corrected chi connectivity index (χ4v) is 1.52. The second-order valence-electron chi connectivity index (χ2n) is 3.84. The van der Waals surface area contributed by atoms with E-state index in [1.165, 1.54) is 6.92 Å². The molecule has 1 heterocycles. The topological polar surface area (TPSA) is 113 Å². The lowest BCUT2D eigenvalue weighted by atomic mass is 10.2. The smallest absolute Gasteiger partial charge is 0.334 e. The Morgan fingerprint density at radius 1 is 1.26 bits per heavy atom. The molecule has 1 atom stereocenters. The summed E-state index contributed by atoms with van der Waals surface area (Å²) in [5, 5.41) is 2.24. The first-order chi connectivity index (χ1) is 8.79. The van der Waals surface area contributed by atoms with E-state index >= 15 is 0 Å². The van der Waals surface area contributed by atoms with Gasteiger partial charge in [-0.3, -0.25) is 24.2 Å². The summed E-state index contributed by atoms with van der Waals surface area (Å²) in [4.78, 5) is 58.0. The molecule has 0 aliphatic carbocycles. The van der Waals surface area contributed by atoms with Crippen LogP contribution in [0.1, 0.15) is 6.92 Å². The number of carbonyl (C=O) groups is 5. The number of carbonyl (C=O) groups excluding carboxylic acids is 5. The number of hydrogen-bond acceptors (Lipinski definition) is 6. The molecule has 9 nitrogen and oxygen atoms in total. The number of hydrogen-bond donors (Lipinski definition) is 1. The molecule has 0 aromatic rings. The van der Waals surface area contributed by atoms with E-state index in [2.05, 4.69) is 10.1 Å². The summed E-state index contributed by atoms with van der Waals surface area (Å²) in [5.74, 6) is -3.39. The fraction of sp³-hybridized carbons (Fsp3) is 0.500. The summed E-state index contributed by atoms with van der Waals surface area (Å²) in [6.07, 6.45) is 0. The van der Waals surface area contributed by atoms with Crippen LogP contribution >= 0.6 is 0 Å². The minimum Gasteiger partial charge on any atom is -0.467 e. The third kappa shape index (κ3) is 2.87. The van der Waals surface area contributed by atoms with Crippen molar-refractivity contribution in [2.45, 2.75) is 13.0 Å². The summed E-state index contributed by atoms with van der Waals surface area (Å²) in [7, 11) is 2.25. The van der Waals surface area contributed by atoms with E-state index < -0.39 is 42.3 Å². The largest absolute Gasteiger partial charge is 0.467 e. The monoisotopic (exact) mass is 271 g/mol. The average molecular weight is 271 g/mol. The molecule has 0 spiro atoms. The Balaban J connectivity index is 2.88. The van der Waals surface area contributed by atoms with Crippen LogP contribution in [0.5, 0.6) is 0 Å². The van der Waals surface area contributed by atoms with E-state index in [0.717, 1.165) is 14.2 Å². The first-order valence-corrected chi connectivity index (χ1v) is 5.28. The van der Waals surface area contributed by atoms with Crippen LogP contribution < -0.4 is 5.32 Å². The van der Waals surface area contributed by atoms with Gasteiger partial charge in [-0.05, 0) is 0 Å². The maximum atomic E-state index is 11.6. The van der Waals surface area contributed by atoms with Crippen molar-refractivity contribution in [2.75, 3.05) is 20.7 Å². The van der Waals surface area contributed by atoms with Gasteiger partial charge in [-0.2, -0.15) is 0 Å². The summed E-state index contributed by atoms with van der Waals surface area (Å²) in [6.45, 7) is 0.709. The first-order valence-electron chi connectivity index (χ1n) is 5.28. The highest BCUT2D eigenvalue weighted by molar-refractivity contribution is 6.44. The molecule has 5 amide bonds. The molecule has 1 unspecified atom stereocenters. The minimum absolute atomic E-state index is 0.458. The average Bonchev–Trinajstić information content (AvgIpc) is 2.54. The Labute approximate surface area is 108 Å². The summed E-state index contributed by atoms with van der Waals surface area (Å²) in [6, 6.07) is -2.07. The van der Waals surface area contributed by atoms with Crippen LogP contribution in [-0.4, -0.2) is 66.3 Å². The number of methoxy groups -OCH3 is 1. The van der Waals surface area contributed by atoms with Gasteiger partial charge in [0.05, 0.1) is 13.7 Å². The Morgan fingerprint density at radius 2 is 1.84 bits per heavy atom. The van der Waals surface area contributed by atoms with Crippen molar-refractivity contribution in [3.63, 3.8) is 0 Å². The van der Waals surface area contributed by atoms with Crippen molar-refractivity contribution in [1.29, 1.82) is 0 Å². The second-order valence-corrected chi connectivity index (χ2v) is 3.84. The molecule has 19 heavy (non-hydrogen) atoms. The molecule has 0 bridgehead atoms. The number of likely N-dealkylation sites (N-methyl/N-ethyl adjacent to an activating group) is 1. The molecule has 1 aliphatic heterocycles. The van der Waals surface area contributed by atoms with Crippen LogP contribution in [0.15, 0.2) is 0 Å². The standard InChI is InChI=1S/C10H13N3O6/c1-5(14)11-6(9(17)19-3)4-13-8(16)7(15)12(2)10(13)18/h6H,4H2,1-3H3,(H,11,14). The Hall–Kier alpha value is -2.45. The van der Waals surface area contributed by atoms with Gasteiger partial charge in [-0.15, -0.1) is 0 Å². The molecule has 1 saturated heterocycles. The van der Waals surface area contributed by atoms with Crippen molar-refractivity contribution in [1.82, 2.24) is 15.1 Å². The predicted octanol–water partition coefficient (Wildman–Crippen LogP) is -1.92. The van der Waals surface area contributed by atoms with Crippen molar-refractivity contribution < 1.29 is 28.7 Å². The van der Waals surface area contributed by atoms with Crippen LogP contribution in [-0.2, 0) is 23.9 Å². The number of amides is 5. The van der Waals surface area contributed by atoms with Gasteiger partial charge in [0.15, 0.2) is 0 Å². The maximum absolute atomic E-state index is 11.6. The lowest BCUT2D eigenvalue weighted by molar-refractivity contribution is -0.147. The van der Waals surface area contributed by atoms with Crippen LogP contribution in [0.25, 0.3) is 0 Å². The van der Waals surface area contributed by atoms with E-state index in [4.69, 9.17) is 0 Å². The Bertz CT molecular complexity index is 460. The molecular weight excluding hydrogens is 258 g/mol. The number of nitrogens with zero attached hydrogens (tertiary/aromatic N) is 2. The number of urea groups is 1. The van der Waals surface area contributed by atoms with E-state index in [0.29, 0.717) is 9.80 Å². The zero-order chi connectivity index (χ0) is 14.7. The minimum atomic E-state index is -1.21. The van der Waals surface area contributed by atoms with Crippen LogP contribution in [0.3, 0.4) is 0 Å². The lowest BCUT2D eigenvalue weighted by Gasteiger charge is -2.20. The van der Waals surface area contributed by atoms with Crippen molar-refractivity contribution in [3.05, 3.63) is 0 Å². The number of nitrogens with one attached hydrogen (secondary N) is 1. The van der Waals surface area contributed by atoms with Gasteiger partial charge >= 0.3 is 23.8 Å². The SMILES string of the molecule is COC(=O)C(CN1C(=O)C(=O)N(C)C1=O)NC(C)=O. The van der Waals surface area contributed by atoms with Crippen molar-refractivity contribution >= 4 is 29.7 Å². The third-order valence-electron chi connectivity index (χ3n) is 2.48. The van der Waals surface area contributed by atoms with Crippen LogP contribution in [0, 0.1) is 0 Å². The predicted molar refractivity (Wildman–Crippen MR) is 59.5 cm³/mol. The van der Waals surface area contributed by atoms with Crippen molar-refractivity contribution in [2.24, 2.45) is 0 Å². The summed E-state index contributed by atoms with van der Waals surface area (Å²) in [5.41, 5.74) is 0. The number of ether oxygens (including phenoxy) is 1. The Kier molecular flexibility index (Phi) is 4.20. The van der Waals surface area contributed by atoms with Crippen molar-refractivity contribution in [3.8, 4) is 0 Å². The summed E-state index contributed by atoms with van der Waals surface area (Å²) >= 11 is 0. The van der Waals surface area contributed by atoms with Gasteiger partial charge in [-0.1, -0.05) is 0 Å². The van der Waals surface area contributed by atoms with E-state index in [-0.39, 0.29) is 0 Å². The molecule has 0 radical (unpaired) electrons. The normalized spacial score (nSPS) is 16.7. The van der Waals surface area contributed by atoms with Gasteiger partial charge in [0.2, 0.25) is 5.91 Å². The first kappa shape index (κ1) is 14.6. The highest BCUT2D eigenvalue weighted by Crippen LogP contribution is 2.10. The maximum Gasteiger partial charge on any atom is 0.334 e. The lowest BCUT2D eigenvalue weighted by Crippen LogP contribution is -2.50. The van der Waals surface area contributed by atoms with E-state index in [1.54, 1.807) is 0 Å². The van der Waals surface area contributed by atoms with Gasteiger partial charge in [0, 0.05) is 14.0 Å². The highest BCUT2D eigenvalue weighted by atomic mass is 16.5. The molecular formula is C10H13N3O6. The van der Waals surface area contributed by atoms with Gasteiger partial charge < -0.3 is 10.1 Å². The number of esters is 1. The second kappa shape index (κ2) is 5.46. The van der Waals surface area contributed by atoms with Crippen LogP contribution in [0.2, 0.25) is 0 Å². The zero-order valence-electron chi connectivity index (χ0n) is 10.6. The number of imide groups is 2. The number of rotatable bonds is 4. The van der Waals surface area contributed by atoms with Crippen LogP contribution in [0.4, 0.5) is 4.79 Å². The quantitative estimate of drug-likeness (QED) is 0.362. The molecule has 1 N–H and O–H groups in total. The molecule has 1 rings (SSSR count). The molecule has 0 aromatic heterocycles. The fourth-order valence-electron chi connectivity index (χ4n) is 1.52. The summed E-state index contributed by atoms with van der Waals surface area (Å²) < 4.78 is 4.45. The van der Waals surface area contributed by atoms with Gasteiger partial charge in [0.25, 0.3) is 0 Å². The molecule has 0 aromatic carbocycles. The molecule has 1 fully saturated rings. The molecule has 9 heteroatoms. The Morgan fingerprint density at radius 3 is 2.21 bits per heavy atom. The van der Waals surface area contributed by atoms with E-state index in [9.17, 15) is 24.0 Å². The molecule has 0 saturated carbocycles.